The van der Waals surface area contributed by atoms with Gasteiger partial charge in [-0.15, -0.1) is 0 Å². The number of nitrogens with zero attached hydrogens (tertiary/aromatic N) is 2. The normalized spacial score (nSPS) is 12.9. The molecule has 1 aliphatic carbocycles. The van der Waals surface area contributed by atoms with E-state index in [1.54, 1.807) is 0 Å². The third kappa shape index (κ3) is 5.02. The second-order valence-electron chi connectivity index (χ2n) is 14.6. The molecule has 0 aliphatic heterocycles. The summed E-state index contributed by atoms with van der Waals surface area (Å²) in [5.74, 6) is 0. The summed E-state index contributed by atoms with van der Waals surface area (Å²) in [7, 11) is 0. The van der Waals surface area contributed by atoms with E-state index in [4.69, 9.17) is 0 Å². The van der Waals surface area contributed by atoms with Crippen LogP contribution in [0.25, 0.3) is 60.9 Å². The SMILES string of the molecule is CC1(C)c2ccccc2-c2ccc(N(c3ccc4c5ccccc5n(-c5cccc(-c6ccccc6)c5)c4c3)c3ccccc3-c3ccccc3)cc21. The summed E-state index contributed by atoms with van der Waals surface area (Å²) in [4.78, 5) is 2.46. The predicted molar refractivity (Wildman–Crippen MR) is 224 cm³/mol. The number of anilines is 3. The maximum absolute atomic E-state index is 2.46. The molecule has 0 atom stereocenters. The van der Waals surface area contributed by atoms with E-state index in [0.29, 0.717) is 0 Å². The van der Waals surface area contributed by atoms with Gasteiger partial charge in [0, 0.05) is 38.8 Å². The van der Waals surface area contributed by atoms with E-state index in [0.717, 1.165) is 22.7 Å². The Hall–Kier alpha value is -6.64. The van der Waals surface area contributed by atoms with Crippen LogP contribution in [0, 0.1) is 0 Å². The molecule has 8 aromatic carbocycles. The molecule has 9 aromatic rings. The molecule has 1 aromatic heterocycles. The molecule has 0 bridgehead atoms. The van der Waals surface area contributed by atoms with Gasteiger partial charge in [-0.25, -0.2) is 0 Å². The molecule has 0 unspecified atom stereocenters. The van der Waals surface area contributed by atoms with Crippen LogP contribution in [-0.2, 0) is 5.41 Å². The fourth-order valence-electron chi connectivity index (χ4n) is 8.62. The van der Waals surface area contributed by atoms with Gasteiger partial charge in [-0.05, 0) is 87.5 Å². The van der Waals surface area contributed by atoms with Gasteiger partial charge in [-0.1, -0.05) is 159 Å². The first kappa shape index (κ1) is 31.1. The summed E-state index contributed by atoms with van der Waals surface area (Å²) >= 11 is 0. The molecule has 10 rings (SSSR count). The van der Waals surface area contributed by atoms with Crippen molar-refractivity contribution in [2.24, 2.45) is 0 Å². The summed E-state index contributed by atoms with van der Waals surface area (Å²) < 4.78 is 2.43. The predicted octanol–water partition coefficient (Wildman–Crippen LogP) is 13.9. The Kier molecular flexibility index (Phi) is 7.19. The number of fused-ring (bicyclic) bond motifs is 6. The van der Waals surface area contributed by atoms with Crippen LogP contribution in [0.5, 0.6) is 0 Å². The van der Waals surface area contributed by atoms with Gasteiger partial charge in [0.25, 0.3) is 0 Å². The Bertz CT molecular complexity index is 2810. The smallest absolute Gasteiger partial charge is 0.0561 e. The van der Waals surface area contributed by atoms with Crippen molar-refractivity contribution in [3.05, 3.63) is 205 Å². The van der Waals surface area contributed by atoms with Crippen LogP contribution in [0.3, 0.4) is 0 Å². The monoisotopic (exact) mass is 678 g/mol. The van der Waals surface area contributed by atoms with Crippen molar-refractivity contribution in [1.82, 2.24) is 4.57 Å². The first-order chi connectivity index (χ1) is 26.1. The van der Waals surface area contributed by atoms with Gasteiger partial charge in [0.1, 0.15) is 0 Å². The molecule has 0 N–H and O–H groups in total. The number of rotatable bonds is 6. The number of aromatic nitrogens is 1. The summed E-state index contributed by atoms with van der Waals surface area (Å²) in [5, 5.41) is 2.48. The van der Waals surface area contributed by atoms with Crippen molar-refractivity contribution in [3.63, 3.8) is 0 Å². The topological polar surface area (TPSA) is 8.17 Å². The van der Waals surface area contributed by atoms with Crippen LogP contribution in [-0.4, -0.2) is 4.57 Å². The molecule has 2 heteroatoms. The Morgan fingerprint density at radius 3 is 1.83 bits per heavy atom. The summed E-state index contributed by atoms with van der Waals surface area (Å²) in [6.45, 7) is 4.72. The number of hydrogen-bond donors (Lipinski definition) is 0. The summed E-state index contributed by atoms with van der Waals surface area (Å²) in [6, 6.07) is 70.9. The quantitative estimate of drug-likeness (QED) is 0.170. The zero-order chi connectivity index (χ0) is 35.5. The van der Waals surface area contributed by atoms with Gasteiger partial charge in [0.05, 0.1) is 16.7 Å². The van der Waals surface area contributed by atoms with Crippen LogP contribution in [0.2, 0.25) is 0 Å². The van der Waals surface area contributed by atoms with Crippen LogP contribution in [0.4, 0.5) is 17.1 Å². The van der Waals surface area contributed by atoms with E-state index in [2.05, 4.69) is 217 Å². The highest BCUT2D eigenvalue weighted by atomic mass is 15.1. The van der Waals surface area contributed by atoms with E-state index >= 15 is 0 Å². The molecule has 2 nitrogen and oxygen atoms in total. The molecule has 1 heterocycles. The second-order valence-corrected chi connectivity index (χ2v) is 14.6. The highest BCUT2D eigenvalue weighted by Crippen LogP contribution is 2.51. The largest absolute Gasteiger partial charge is 0.310 e. The molecular formula is C51H38N2. The van der Waals surface area contributed by atoms with E-state index in [1.807, 2.05) is 0 Å². The zero-order valence-electron chi connectivity index (χ0n) is 29.9. The number of hydrogen-bond acceptors (Lipinski definition) is 1. The van der Waals surface area contributed by atoms with E-state index in [1.165, 1.54) is 66.3 Å². The number of para-hydroxylation sites is 2. The van der Waals surface area contributed by atoms with Gasteiger partial charge in [0.15, 0.2) is 0 Å². The minimum atomic E-state index is -0.118. The van der Waals surface area contributed by atoms with E-state index < -0.39 is 0 Å². The number of benzene rings is 8. The first-order valence-electron chi connectivity index (χ1n) is 18.4. The minimum Gasteiger partial charge on any atom is -0.310 e. The first-order valence-corrected chi connectivity index (χ1v) is 18.4. The Morgan fingerprint density at radius 2 is 1.00 bits per heavy atom. The summed E-state index contributed by atoms with van der Waals surface area (Å²) in [6.07, 6.45) is 0. The van der Waals surface area contributed by atoms with Gasteiger partial charge in [0.2, 0.25) is 0 Å². The maximum Gasteiger partial charge on any atom is 0.0561 e. The lowest BCUT2D eigenvalue weighted by Gasteiger charge is -2.30. The van der Waals surface area contributed by atoms with E-state index in [-0.39, 0.29) is 5.41 Å². The fourth-order valence-corrected chi connectivity index (χ4v) is 8.62. The van der Waals surface area contributed by atoms with Crippen LogP contribution < -0.4 is 4.90 Å². The van der Waals surface area contributed by atoms with Gasteiger partial charge in [-0.2, -0.15) is 0 Å². The van der Waals surface area contributed by atoms with Crippen molar-refractivity contribution < 1.29 is 0 Å². The zero-order valence-corrected chi connectivity index (χ0v) is 29.9. The maximum atomic E-state index is 2.46. The van der Waals surface area contributed by atoms with Crippen LogP contribution >= 0.6 is 0 Å². The lowest BCUT2D eigenvalue weighted by molar-refractivity contribution is 0.660. The molecule has 53 heavy (non-hydrogen) atoms. The standard InChI is InChI=1S/C51H38N2/c1-51(2)46-25-12-9-23-42(46)43-30-28-39(33-47(43)51)52(48-26-13-10-22-41(48)36-18-7-4-8-19-36)40-29-31-45-44-24-11-14-27-49(44)53(50(45)34-40)38-21-15-20-37(32-38)35-16-5-3-6-17-35/h3-34H,1-2H3. The van der Waals surface area contributed by atoms with Gasteiger partial charge < -0.3 is 9.47 Å². The van der Waals surface area contributed by atoms with Gasteiger partial charge >= 0.3 is 0 Å². The average molecular weight is 679 g/mol. The van der Waals surface area contributed by atoms with Crippen LogP contribution in [0.1, 0.15) is 25.0 Å². The molecule has 0 spiro atoms. The third-order valence-electron chi connectivity index (χ3n) is 11.2. The molecular weight excluding hydrogens is 641 g/mol. The molecule has 0 saturated heterocycles. The van der Waals surface area contributed by atoms with E-state index in [9.17, 15) is 0 Å². The molecule has 0 saturated carbocycles. The van der Waals surface area contributed by atoms with Crippen molar-refractivity contribution in [2.75, 3.05) is 4.90 Å². The highest BCUT2D eigenvalue weighted by molar-refractivity contribution is 6.10. The lowest BCUT2D eigenvalue weighted by atomic mass is 9.82. The fraction of sp³-hybridized carbons (Fsp3) is 0.0588. The van der Waals surface area contributed by atoms with Crippen molar-refractivity contribution in [2.45, 2.75) is 19.3 Å². The summed E-state index contributed by atoms with van der Waals surface area (Å²) in [5.41, 5.74) is 16.9. The van der Waals surface area contributed by atoms with Crippen LogP contribution in [0.15, 0.2) is 194 Å². The molecule has 0 radical (unpaired) electrons. The lowest BCUT2D eigenvalue weighted by Crippen LogP contribution is -2.17. The molecule has 1 aliphatic rings. The molecule has 0 amide bonds. The minimum absolute atomic E-state index is 0.118. The Balaban J connectivity index is 1.22. The van der Waals surface area contributed by atoms with Crippen molar-refractivity contribution in [3.8, 4) is 39.1 Å². The average Bonchev–Trinajstić information content (AvgIpc) is 3.67. The second kappa shape index (κ2) is 12.3. The Labute approximate surface area is 310 Å². The van der Waals surface area contributed by atoms with Crippen molar-refractivity contribution >= 4 is 38.9 Å². The van der Waals surface area contributed by atoms with Gasteiger partial charge in [-0.3, -0.25) is 0 Å². The molecule has 0 fully saturated rings. The Morgan fingerprint density at radius 1 is 0.396 bits per heavy atom. The molecule has 252 valence electrons. The van der Waals surface area contributed by atoms with Crippen molar-refractivity contribution in [1.29, 1.82) is 0 Å². The third-order valence-corrected chi connectivity index (χ3v) is 11.2. The highest BCUT2D eigenvalue weighted by Gasteiger charge is 2.36.